The highest BCUT2D eigenvalue weighted by atomic mass is 16.5. The molecular formula is C14H19N3O. The Morgan fingerprint density at radius 2 is 2.06 bits per heavy atom. The molecule has 0 aliphatic carbocycles. The maximum absolute atomic E-state index is 5.66. The lowest BCUT2D eigenvalue weighted by atomic mass is 10.0. The predicted octanol–water partition coefficient (Wildman–Crippen LogP) is 2.17. The van der Waals surface area contributed by atoms with Gasteiger partial charge in [-0.25, -0.2) is 4.98 Å². The summed E-state index contributed by atoms with van der Waals surface area (Å²) in [7, 11) is 3.67. The van der Waals surface area contributed by atoms with Crippen LogP contribution in [0.3, 0.4) is 0 Å². The smallest absolute Gasteiger partial charge is 0.131 e. The minimum absolute atomic E-state index is 0.434. The Morgan fingerprint density at radius 3 is 2.61 bits per heavy atom. The molecule has 0 saturated carbocycles. The largest absolute Gasteiger partial charge is 0.496 e. The minimum Gasteiger partial charge on any atom is -0.496 e. The molecule has 0 saturated heterocycles. The van der Waals surface area contributed by atoms with Crippen molar-refractivity contribution in [2.75, 3.05) is 7.11 Å². The molecule has 0 spiro atoms. The lowest BCUT2D eigenvalue weighted by molar-refractivity contribution is 0.413. The van der Waals surface area contributed by atoms with Gasteiger partial charge in [-0.3, -0.25) is 0 Å². The van der Waals surface area contributed by atoms with Crippen LogP contribution in [0, 0.1) is 13.8 Å². The summed E-state index contributed by atoms with van der Waals surface area (Å²) in [6.45, 7) is 4.56. The van der Waals surface area contributed by atoms with E-state index in [4.69, 9.17) is 10.5 Å². The van der Waals surface area contributed by atoms with E-state index in [1.165, 1.54) is 5.56 Å². The number of hydrogen-bond acceptors (Lipinski definition) is 3. The van der Waals surface area contributed by atoms with E-state index >= 15 is 0 Å². The molecule has 0 bridgehead atoms. The third-order valence-corrected chi connectivity index (χ3v) is 3.17. The zero-order chi connectivity index (χ0) is 13.3. The third kappa shape index (κ3) is 1.99. The fraction of sp³-hybridized carbons (Fsp3) is 0.357. The van der Waals surface area contributed by atoms with Crippen LogP contribution in [-0.4, -0.2) is 16.7 Å². The van der Waals surface area contributed by atoms with Gasteiger partial charge in [-0.15, -0.1) is 0 Å². The highest BCUT2D eigenvalue weighted by Crippen LogP contribution is 2.34. The Labute approximate surface area is 107 Å². The quantitative estimate of drug-likeness (QED) is 0.901. The summed E-state index contributed by atoms with van der Waals surface area (Å²) in [5, 5.41) is 0. The predicted molar refractivity (Wildman–Crippen MR) is 72.6 cm³/mol. The normalized spacial score (nSPS) is 10.7. The van der Waals surface area contributed by atoms with Crippen molar-refractivity contribution in [2.24, 2.45) is 12.8 Å². The first-order valence-corrected chi connectivity index (χ1v) is 5.94. The van der Waals surface area contributed by atoms with Crippen LogP contribution >= 0.6 is 0 Å². The summed E-state index contributed by atoms with van der Waals surface area (Å²) >= 11 is 0. The average molecular weight is 245 g/mol. The Balaban J connectivity index is 2.66. The van der Waals surface area contributed by atoms with Crippen LogP contribution in [0.1, 0.15) is 17.0 Å². The number of nitrogens with two attached hydrogens (primary N) is 1. The van der Waals surface area contributed by atoms with Crippen molar-refractivity contribution in [3.63, 3.8) is 0 Å². The van der Waals surface area contributed by atoms with Gasteiger partial charge < -0.3 is 15.0 Å². The van der Waals surface area contributed by atoms with Crippen molar-refractivity contribution in [3.8, 4) is 17.0 Å². The topological polar surface area (TPSA) is 53.1 Å². The van der Waals surface area contributed by atoms with Gasteiger partial charge in [0.2, 0.25) is 0 Å². The van der Waals surface area contributed by atoms with Gasteiger partial charge in [0.25, 0.3) is 0 Å². The Hall–Kier alpha value is -1.81. The van der Waals surface area contributed by atoms with Crippen LogP contribution in [-0.2, 0) is 13.6 Å². The zero-order valence-electron chi connectivity index (χ0n) is 11.3. The summed E-state index contributed by atoms with van der Waals surface area (Å²) in [5.74, 6) is 1.76. The highest BCUT2D eigenvalue weighted by Gasteiger charge is 2.14. The van der Waals surface area contributed by atoms with Crippen molar-refractivity contribution >= 4 is 0 Å². The Bertz CT molecular complexity index is 573. The maximum atomic E-state index is 5.66. The standard InChI is InChI=1S/C14H19N3O/c1-9-5-10(2)14(18-4)11(6-9)12-8-16-13(7-15)17(12)3/h5-6,8H,7,15H2,1-4H3. The molecule has 0 aliphatic rings. The Kier molecular flexibility index (Phi) is 3.39. The number of nitrogens with zero attached hydrogens (tertiary/aromatic N) is 2. The second kappa shape index (κ2) is 4.82. The van der Waals surface area contributed by atoms with Gasteiger partial charge in [-0.05, 0) is 31.0 Å². The molecule has 1 heterocycles. The van der Waals surface area contributed by atoms with Crippen LogP contribution in [0.4, 0.5) is 0 Å². The first-order chi connectivity index (χ1) is 8.58. The lowest BCUT2D eigenvalue weighted by Crippen LogP contribution is -2.06. The maximum Gasteiger partial charge on any atom is 0.131 e. The average Bonchev–Trinajstić information content (AvgIpc) is 2.69. The van der Waals surface area contributed by atoms with Crippen molar-refractivity contribution in [1.29, 1.82) is 0 Å². The van der Waals surface area contributed by atoms with Crippen molar-refractivity contribution in [3.05, 3.63) is 35.3 Å². The highest BCUT2D eigenvalue weighted by molar-refractivity contribution is 5.70. The van der Waals surface area contributed by atoms with Gasteiger partial charge in [0.05, 0.1) is 25.5 Å². The van der Waals surface area contributed by atoms with Gasteiger partial charge in [-0.2, -0.15) is 0 Å². The number of ether oxygens (including phenoxy) is 1. The fourth-order valence-electron chi connectivity index (χ4n) is 2.30. The molecule has 4 heteroatoms. The summed E-state index contributed by atoms with van der Waals surface area (Å²) < 4.78 is 7.52. The SMILES string of the molecule is COc1c(C)cc(C)cc1-c1cnc(CN)n1C. The molecule has 0 radical (unpaired) electrons. The van der Waals surface area contributed by atoms with Crippen LogP contribution < -0.4 is 10.5 Å². The molecule has 0 fully saturated rings. The van der Waals surface area contributed by atoms with Crippen molar-refractivity contribution in [2.45, 2.75) is 20.4 Å². The van der Waals surface area contributed by atoms with Gasteiger partial charge >= 0.3 is 0 Å². The second-order valence-electron chi connectivity index (χ2n) is 4.49. The number of rotatable bonds is 3. The van der Waals surface area contributed by atoms with Crippen LogP contribution in [0.5, 0.6) is 5.75 Å². The molecule has 96 valence electrons. The zero-order valence-corrected chi connectivity index (χ0v) is 11.3. The van der Waals surface area contributed by atoms with Crippen LogP contribution in [0.2, 0.25) is 0 Å². The van der Waals surface area contributed by atoms with Crippen LogP contribution in [0.25, 0.3) is 11.3 Å². The minimum atomic E-state index is 0.434. The molecule has 2 N–H and O–H groups in total. The van der Waals surface area contributed by atoms with Crippen LogP contribution in [0.15, 0.2) is 18.3 Å². The van der Waals surface area contributed by atoms with E-state index in [0.29, 0.717) is 6.54 Å². The summed E-state index contributed by atoms with van der Waals surface area (Å²) in [5.41, 5.74) is 10.1. The number of hydrogen-bond donors (Lipinski definition) is 1. The second-order valence-corrected chi connectivity index (χ2v) is 4.49. The number of imidazole rings is 1. The Morgan fingerprint density at radius 1 is 1.33 bits per heavy atom. The van der Waals surface area contributed by atoms with E-state index < -0.39 is 0 Å². The van der Waals surface area contributed by atoms with Gasteiger partial charge in [-0.1, -0.05) is 6.07 Å². The van der Waals surface area contributed by atoms with E-state index in [2.05, 4.69) is 31.0 Å². The first kappa shape index (κ1) is 12.6. The molecule has 2 rings (SSSR count). The van der Waals surface area contributed by atoms with Gasteiger partial charge in [0, 0.05) is 12.6 Å². The number of aryl methyl sites for hydroxylation is 2. The molecule has 0 atom stereocenters. The van der Waals surface area contributed by atoms with Gasteiger partial charge in [0.1, 0.15) is 11.6 Å². The van der Waals surface area contributed by atoms with Crippen molar-refractivity contribution in [1.82, 2.24) is 9.55 Å². The summed E-state index contributed by atoms with van der Waals surface area (Å²) in [4.78, 5) is 4.33. The molecular weight excluding hydrogens is 226 g/mol. The molecule has 2 aromatic rings. The van der Waals surface area contributed by atoms with E-state index in [1.807, 2.05) is 17.8 Å². The van der Waals surface area contributed by atoms with E-state index in [9.17, 15) is 0 Å². The lowest BCUT2D eigenvalue weighted by Gasteiger charge is -2.13. The molecule has 18 heavy (non-hydrogen) atoms. The van der Waals surface area contributed by atoms with Crippen molar-refractivity contribution < 1.29 is 4.74 Å². The number of methoxy groups -OCH3 is 1. The monoisotopic (exact) mass is 245 g/mol. The van der Waals surface area contributed by atoms with Gasteiger partial charge in [0.15, 0.2) is 0 Å². The molecule has 0 unspecified atom stereocenters. The van der Waals surface area contributed by atoms with E-state index in [0.717, 1.165) is 28.4 Å². The molecule has 4 nitrogen and oxygen atoms in total. The third-order valence-electron chi connectivity index (χ3n) is 3.17. The molecule has 0 amide bonds. The van der Waals surface area contributed by atoms with E-state index in [-0.39, 0.29) is 0 Å². The first-order valence-electron chi connectivity index (χ1n) is 5.94. The number of benzene rings is 1. The molecule has 0 aliphatic heterocycles. The molecule has 1 aromatic carbocycles. The van der Waals surface area contributed by atoms with E-state index in [1.54, 1.807) is 7.11 Å². The molecule has 1 aromatic heterocycles. The summed E-state index contributed by atoms with van der Waals surface area (Å²) in [6, 6.07) is 4.23. The number of aromatic nitrogens is 2. The summed E-state index contributed by atoms with van der Waals surface area (Å²) in [6.07, 6.45) is 1.85. The fourth-order valence-corrected chi connectivity index (χ4v) is 2.30.